The van der Waals surface area contributed by atoms with Crippen LogP contribution in [0.25, 0.3) is 0 Å². The van der Waals surface area contributed by atoms with Gasteiger partial charge in [0, 0.05) is 24.4 Å². The fourth-order valence-electron chi connectivity index (χ4n) is 2.13. The standard InChI is InChI=1S/C15H21N3OS/c1-10-5-6-14(19-4)12(7-10)13(16)9-20-15-8-11(2)17-18(15)3/h5-8,13H,9,16H2,1-4H3. The zero-order valence-corrected chi connectivity index (χ0v) is 13.2. The Morgan fingerprint density at radius 3 is 2.70 bits per heavy atom. The molecular formula is C15H21N3OS. The molecule has 1 aromatic heterocycles. The third kappa shape index (κ3) is 3.35. The lowest BCUT2D eigenvalue weighted by atomic mass is 10.1. The van der Waals surface area contributed by atoms with Crippen molar-refractivity contribution in [1.29, 1.82) is 0 Å². The van der Waals surface area contributed by atoms with Gasteiger partial charge in [0.25, 0.3) is 0 Å². The summed E-state index contributed by atoms with van der Waals surface area (Å²) in [6, 6.07) is 8.12. The van der Waals surface area contributed by atoms with Crippen LogP contribution in [0.5, 0.6) is 5.75 Å². The van der Waals surface area contributed by atoms with Crippen LogP contribution >= 0.6 is 11.8 Å². The first-order valence-electron chi connectivity index (χ1n) is 6.55. The molecule has 0 aliphatic rings. The van der Waals surface area contributed by atoms with Gasteiger partial charge in [0.2, 0.25) is 0 Å². The maximum atomic E-state index is 6.31. The Labute approximate surface area is 124 Å². The zero-order valence-electron chi connectivity index (χ0n) is 12.4. The number of aromatic nitrogens is 2. The van der Waals surface area contributed by atoms with Gasteiger partial charge in [0.15, 0.2) is 0 Å². The third-order valence-electron chi connectivity index (χ3n) is 3.15. The van der Waals surface area contributed by atoms with Crippen molar-refractivity contribution >= 4 is 11.8 Å². The number of nitrogens with two attached hydrogens (primary N) is 1. The van der Waals surface area contributed by atoms with Gasteiger partial charge in [0.1, 0.15) is 5.75 Å². The van der Waals surface area contributed by atoms with Gasteiger partial charge < -0.3 is 10.5 Å². The van der Waals surface area contributed by atoms with Crippen molar-refractivity contribution in [3.63, 3.8) is 0 Å². The molecule has 0 amide bonds. The summed E-state index contributed by atoms with van der Waals surface area (Å²) in [7, 11) is 3.63. The normalized spacial score (nSPS) is 12.4. The van der Waals surface area contributed by atoms with E-state index in [2.05, 4.69) is 24.2 Å². The molecule has 0 spiro atoms. The minimum Gasteiger partial charge on any atom is -0.496 e. The lowest BCUT2D eigenvalue weighted by Gasteiger charge is -2.16. The van der Waals surface area contributed by atoms with E-state index in [1.807, 2.05) is 30.8 Å². The number of nitrogens with zero attached hydrogens (tertiary/aromatic N) is 2. The fourth-order valence-corrected chi connectivity index (χ4v) is 3.14. The van der Waals surface area contributed by atoms with E-state index in [-0.39, 0.29) is 6.04 Å². The van der Waals surface area contributed by atoms with Crippen LogP contribution in [0.15, 0.2) is 29.3 Å². The van der Waals surface area contributed by atoms with E-state index in [4.69, 9.17) is 10.5 Å². The van der Waals surface area contributed by atoms with Gasteiger partial charge in [-0.15, -0.1) is 11.8 Å². The van der Waals surface area contributed by atoms with E-state index < -0.39 is 0 Å². The summed E-state index contributed by atoms with van der Waals surface area (Å²) in [5, 5.41) is 5.47. The number of ether oxygens (including phenoxy) is 1. The first-order chi connectivity index (χ1) is 9.51. The maximum absolute atomic E-state index is 6.31. The monoisotopic (exact) mass is 291 g/mol. The molecule has 0 aliphatic carbocycles. The summed E-state index contributed by atoms with van der Waals surface area (Å²) in [5.41, 5.74) is 9.59. The molecule has 1 unspecified atom stereocenters. The van der Waals surface area contributed by atoms with Gasteiger partial charge in [-0.3, -0.25) is 4.68 Å². The number of thioether (sulfide) groups is 1. The van der Waals surface area contributed by atoms with Crippen LogP contribution < -0.4 is 10.5 Å². The Kier molecular flexibility index (Phi) is 4.73. The van der Waals surface area contributed by atoms with E-state index in [9.17, 15) is 0 Å². The summed E-state index contributed by atoms with van der Waals surface area (Å²) >= 11 is 1.72. The molecule has 2 aromatic rings. The molecule has 5 heteroatoms. The van der Waals surface area contributed by atoms with Crippen LogP contribution in [0, 0.1) is 13.8 Å². The molecule has 1 heterocycles. The Morgan fingerprint density at radius 2 is 2.10 bits per heavy atom. The summed E-state index contributed by atoms with van der Waals surface area (Å²) in [4.78, 5) is 0. The van der Waals surface area contributed by atoms with Crippen LogP contribution in [-0.4, -0.2) is 22.6 Å². The van der Waals surface area contributed by atoms with Crippen molar-refractivity contribution in [1.82, 2.24) is 9.78 Å². The van der Waals surface area contributed by atoms with Crippen molar-refractivity contribution in [3.8, 4) is 5.75 Å². The molecule has 0 fully saturated rings. The predicted molar refractivity (Wildman–Crippen MR) is 83.3 cm³/mol. The molecule has 0 radical (unpaired) electrons. The maximum Gasteiger partial charge on any atom is 0.123 e. The smallest absolute Gasteiger partial charge is 0.123 e. The second kappa shape index (κ2) is 6.33. The Balaban J connectivity index is 2.10. The van der Waals surface area contributed by atoms with Gasteiger partial charge in [-0.2, -0.15) is 5.10 Å². The zero-order chi connectivity index (χ0) is 14.7. The quantitative estimate of drug-likeness (QED) is 0.861. The molecule has 2 N–H and O–H groups in total. The summed E-state index contributed by atoms with van der Waals surface area (Å²) in [6.45, 7) is 4.06. The Morgan fingerprint density at radius 1 is 1.35 bits per heavy atom. The lowest BCUT2D eigenvalue weighted by Crippen LogP contribution is -2.14. The van der Waals surface area contributed by atoms with Crippen molar-refractivity contribution in [2.24, 2.45) is 12.8 Å². The SMILES string of the molecule is COc1ccc(C)cc1C(N)CSc1cc(C)nn1C. The molecule has 0 saturated carbocycles. The lowest BCUT2D eigenvalue weighted by molar-refractivity contribution is 0.407. The summed E-state index contributed by atoms with van der Waals surface area (Å²) < 4.78 is 7.28. The van der Waals surface area contributed by atoms with Crippen molar-refractivity contribution in [2.75, 3.05) is 12.9 Å². The average molecular weight is 291 g/mol. The second-order valence-corrected chi connectivity index (χ2v) is 5.95. The van der Waals surface area contributed by atoms with Crippen LogP contribution in [-0.2, 0) is 7.05 Å². The topological polar surface area (TPSA) is 53.1 Å². The Bertz CT molecular complexity index is 595. The Hall–Kier alpha value is -1.46. The van der Waals surface area contributed by atoms with Gasteiger partial charge >= 0.3 is 0 Å². The number of methoxy groups -OCH3 is 1. The molecule has 108 valence electrons. The molecule has 1 aromatic carbocycles. The van der Waals surface area contributed by atoms with Crippen LogP contribution in [0.3, 0.4) is 0 Å². The molecule has 0 bridgehead atoms. The van der Waals surface area contributed by atoms with E-state index in [0.29, 0.717) is 0 Å². The van der Waals surface area contributed by atoms with Gasteiger partial charge in [-0.25, -0.2) is 0 Å². The van der Waals surface area contributed by atoms with E-state index in [1.165, 1.54) is 5.56 Å². The second-order valence-electron chi connectivity index (χ2n) is 4.91. The highest BCUT2D eigenvalue weighted by molar-refractivity contribution is 7.99. The molecular weight excluding hydrogens is 270 g/mol. The highest BCUT2D eigenvalue weighted by Gasteiger charge is 2.14. The average Bonchev–Trinajstić information content (AvgIpc) is 2.74. The van der Waals surface area contributed by atoms with Crippen molar-refractivity contribution < 1.29 is 4.74 Å². The van der Waals surface area contributed by atoms with Crippen molar-refractivity contribution in [3.05, 3.63) is 41.1 Å². The van der Waals surface area contributed by atoms with Gasteiger partial charge in [0.05, 0.1) is 17.8 Å². The van der Waals surface area contributed by atoms with Crippen LogP contribution in [0.1, 0.15) is 22.9 Å². The van der Waals surface area contributed by atoms with Gasteiger partial charge in [-0.05, 0) is 26.0 Å². The number of benzene rings is 1. The van der Waals surface area contributed by atoms with Crippen LogP contribution in [0.4, 0.5) is 0 Å². The number of hydrogen-bond donors (Lipinski definition) is 1. The first kappa shape index (κ1) is 14.9. The highest BCUT2D eigenvalue weighted by atomic mass is 32.2. The van der Waals surface area contributed by atoms with Crippen molar-refractivity contribution in [2.45, 2.75) is 24.9 Å². The van der Waals surface area contributed by atoms with E-state index >= 15 is 0 Å². The predicted octanol–water partition coefficient (Wildman–Crippen LogP) is 2.84. The molecule has 0 saturated heterocycles. The molecule has 4 nitrogen and oxygen atoms in total. The molecule has 2 rings (SSSR count). The van der Waals surface area contributed by atoms with E-state index in [1.54, 1.807) is 18.9 Å². The number of rotatable bonds is 5. The van der Waals surface area contributed by atoms with Crippen LogP contribution in [0.2, 0.25) is 0 Å². The number of aryl methyl sites for hydroxylation is 3. The van der Waals surface area contributed by atoms with Gasteiger partial charge in [-0.1, -0.05) is 17.7 Å². The third-order valence-corrected chi connectivity index (χ3v) is 4.36. The fraction of sp³-hybridized carbons (Fsp3) is 0.400. The molecule has 20 heavy (non-hydrogen) atoms. The van der Waals surface area contributed by atoms with E-state index in [0.717, 1.165) is 27.8 Å². The summed E-state index contributed by atoms with van der Waals surface area (Å²) in [6.07, 6.45) is 0. The molecule has 1 atom stereocenters. The minimum atomic E-state index is -0.0648. The largest absolute Gasteiger partial charge is 0.496 e. The summed E-state index contributed by atoms with van der Waals surface area (Å²) in [5.74, 6) is 1.64. The number of hydrogen-bond acceptors (Lipinski definition) is 4. The minimum absolute atomic E-state index is 0.0648. The first-order valence-corrected chi connectivity index (χ1v) is 7.53. The molecule has 0 aliphatic heterocycles. The highest BCUT2D eigenvalue weighted by Crippen LogP contribution is 2.29.